The molecule has 2 bridgehead atoms. The topological polar surface area (TPSA) is 19.4 Å². The number of nitrogens with zero attached hydrogens (tertiary/aromatic N) is 3. The van der Waals surface area contributed by atoms with Crippen LogP contribution in [0.2, 0.25) is 0 Å². The molecule has 2 aromatic rings. The number of hydrogen-bond acceptors (Lipinski definition) is 3. The molecule has 0 spiro atoms. The van der Waals surface area contributed by atoms with Gasteiger partial charge in [-0.05, 0) is 44.9 Å². The van der Waals surface area contributed by atoms with E-state index in [1.165, 1.54) is 42.4 Å². The van der Waals surface area contributed by atoms with E-state index in [1.54, 1.807) is 0 Å². The molecule has 2 fully saturated rings. The van der Waals surface area contributed by atoms with Crippen molar-refractivity contribution in [1.82, 2.24) is 9.88 Å². The first-order chi connectivity index (χ1) is 10.2. The first kappa shape index (κ1) is 13.1. The molecular weight excluding hydrogens is 258 g/mol. The predicted molar refractivity (Wildman–Crippen MR) is 87.9 cm³/mol. The third-order valence-electron chi connectivity index (χ3n) is 5.44. The number of anilines is 1. The molecule has 110 valence electrons. The van der Waals surface area contributed by atoms with Crippen molar-refractivity contribution in [2.75, 3.05) is 25.0 Å². The Morgan fingerprint density at radius 1 is 1.10 bits per heavy atom. The van der Waals surface area contributed by atoms with E-state index < -0.39 is 0 Å². The van der Waals surface area contributed by atoms with Crippen molar-refractivity contribution in [2.24, 2.45) is 0 Å². The number of aryl methyl sites for hydroxylation is 1. The molecule has 2 aliphatic heterocycles. The van der Waals surface area contributed by atoms with Crippen LogP contribution in [0.15, 0.2) is 30.5 Å². The normalized spacial score (nSPS) is 26.3. The number of rotatable bonds is 1. The van der Waals surface area contributed by atoms with Crippen LogP contribution >= 0.6 is 0 Å². The largest absolute Gasteiger partial charge is 0.369 e. The van der Waals surface area contributed by atoms with E-state index in [1.807, 2.05) is 6.20 Å². The van der Waals surface area contributed by atoms with Crippen LogP contribution < -0.4 is 4.90 Å². The highest BCUT2D eigenvalue weighted by Crippen LogP contribution is 2.33. The lowest BCUT2D eigenvalue weighted by molar-refractivity contribution is 0.254. The van der Waals surface area contributed by atoms with Gasteiger partial charge in [0.15, 0.2) is 0 Å². The monoisotopic (exact) mass is 281 g/mol. The van der Waals surface area contributed by atoms with Gasteiger partial charge in [0.2, 0.25) is 0 Å². The fourth-order valence-corrected chi connectivity index (χ4v) is 4.11. The fraction of sp³-hybridized carbons (Fsp3) is 0.500. The first-order valence-electron chi connectivity index (χ1n) is 8.05. The number of benzene rings is 1. The van der Waals surface area contributed by atoms with Crippen molar-refractivity contribution >= 4 is 16.6 Å². The molecule has 2 saturated heterocycles. The Morgan fingerprint density at radius 3 is 2.86 bits per heavy atom. The van der Waals surface area contributed by atoms with Gasteiger partial charge in [-0.2, -0.15) is 0 Å². The summed E-state index contributed by atoms with van der Waals surface area (Å²) in [6.45, 7) is 4.47. The van der Waals surface area contributed by atoms with E-state index in [2.05, 4.69) is 53.0 Å². The Balaban J connectivity index is 1.75. The Bertz CT molecular complexity index is 667. The lowest BCUT2D eigenvalue weighted by Crippen LogP contribution is -2.36. The van der Waals surface area contributed by atoms with Gasteiger partial charge in [0, 0.05) is 42.4 Å². The van der Waals surface area contributed by atoms with Crippen molar-refractivity contribution in [2.45, 2.75) is 38.3 Å². The average molecular weight is 281 g/mol. The molecule has 0 aliphatic carbocycles. The lowest BCUT2D eigenvalue weighted by atomic mass is 10.1. The van der Waals surface area contributed by atoms with Gasteiger partial charge in [-0.3, -0.25) is 9.88 Å². The molecule has 4 rings (SSSR count). The molecule has 2 aliphatic rings. The van der Waals surface area contributed by atoms with Crippen LogP contribution in [0, 0.1) is 6.92 Å². The summed E-state index contributed by atoms with van der Waals surface area (Å²) in [6.07, 6.45) is 5.98. The molecule has 0 amide bonds. The minimum absolute atomic E-state index is 0.713. The van der Waals surface area contributed by atoms with Crippen molar-refractivity contribution in [3.63, 3.8) is 0 Å². The van der Waals surface area contributed by atoms with Gasteiger partial charge in [0.1, 0.15) is 0 Å². The lowest BCUT2D eigenvalue weighted by Gasteiger charge is -2.28. The van der Waals surface area contributed by atoms with Crippen molar-refractivity contribution in [1.29, 1.82) is 0 Å². The standard InChI is InChI=1S/C18H23N3/c1-13-4-3-5-16-17(8-10-19-18(13)16)21-11-9-14-6-7-15(12-21)20(14)2/h3-5,8,10,14-15H,6-7,9,11-12H2,1-2H3. The Morgan fingerprint density at radius 2 is 1.95 bits per heavy atom. The quantitative estimate of drug-likeness (QED) is 0.800. The Labute approximate surface area is 126 Å². The van der Waals surface area contributed by atoms with Gasteiger partial charge in [-0.25, -0.2) is 0 Å². The molecule has 0 N–H and O–H groups in total. The zero-order valence-electron chi connectivity index (χ0n) is 12.9. The van der Waals surface area contributed by atoms with Crippen LogP contribution in [0.4, 0.5) is 5.69 Å². The van der Waals surface area contributed by atoms with Gasteiger partial charge in [0.05, 0.1) is 5.52 Å². The van der Waals surface area contributed by atoms with Gasteiger partial charge in [0.25, 0.3) is 0 Å². The third-order valence-corrected chi connectivity index (χ3v) is 5.44. The smallest absolute Gasteiger partial charge is 0.0751 e. The van der Waals surface area contributed by atoms with Gasteiger partial charge >= 0.3 is 0 Å². The summed E-state index contributed by atoms with van der Waals surface area (Å²) < 4.78 is 0. The number of hydrogen-bond donors (Lipinski definition) is 0. The summed E-state index contributed by atoms with van der Waals surface area (Å²) >= 11 is 0. The second-order valence-electron chi connectivity index (χ2n) is 6.59. The maximum atomic E-state index is 4.59. The summed E-state index contributed by atoms with van der Waals surface area (Å²) in [5.41, 5.74) is 3.78. The summed E-state index contributed by atoms with van der Waals surface area (Å²) in [5.74, 6) is 0. The molecule has 1 aromatic heterocycles. The third kappa shape index (κ3) is 2.11. The number of fused-ring (bicyclic) bond motifs is 3. The molecule has 2 unspecified atom stereocenters. The molecule has 21 heavy (non-hydrogen) atoms. The summed E-state index contributed by atoms with van der Waals surface area (Å²) in [6, 6.07) is 10.2. The van der Waals surface area contributed by atoms with Crippen molar-refractivity contribution in [3.8, 4) is 0 Å². The van der Waals surface area contributed by atoms with E-state index in [0.29, 0.717) is 6.04 Å². The maximum Gasteiger partial charge on any atom is 0.0751 e. The predicted octanol–water partition coefficient (Wildman–Crippen LogP) is 3.22. The van der Waals surface area contributed by atoms with Crippen molar-refractivity contribution < 1.29 is 0 Å². The summed E-state index contributed by atoms with van der Waals surface area (Å²) in [7, 11) is 2.31. The van der Waals surface area contributed by atoms with Gasteiger partial charge < -0.3 is 4.90 Å². The maximum absolute atomic E-state index is 4.59. The van der Waals surface area contributed by atoms with Crippen LogP contribution in [0.3, 0.4) is 0 Å². The number of para-hydroxylation sites is 1. The Kier molecular flexibility index (Phi) is 3.11. The van der Waals surface area contributed by atoms with E-state index in [-0.39, 0.29) is 0 Å². The second kappa shape index (κ2) is 4.99. The molecule has 1 aromatic carbocycles. The van der Waals surface area contributed by atoms with Crippen molar-refractivity contribution in [3.05, 3.63) is 36.0 Å². The number of pyridine rings is 1. The van der Waals surface area contributed by atoms with E-state index in [0.717, 1.165) is 18.1 Å². The molecular formula is C18H23N3. The highest BCUT2D eigenvalue weighted by atomic mass is 15.3. The first-order valence-corrected chi connectivity index (χ1v) is 8.05. The SMILES string of the molecule is Cc1cccc2c(N3CCC4CCC(C3)N4C)ccnc12. The van der Waals surface area contributed by atoms with Crippen LogP contribution in [0.5, 0.6) is 0 Å². The highest BCUT2D eigenvalue weighted by molar-refractivity contribution is 5.93. The molecule has 3 heterocycles. The Hall–Kier alpha value is -1.61. The molecule has 0 radical (unpaired) electrons. The number of aromatic nitrogens is 1. The van der Waals surface area contributed by atoms with Crippen LogP contribution in [-0.4, -0.2) is 42.1 Å². The van der Waals surface area contributed by atoms with Gasteiger partial charge in [-0.15, -0.1) is 0 Å². The molecule has 0 saturated carbocycles. The van der Waals surface area contributed by atoms with E-state index >= 15 is 0 Å². The average Bonchev–Trinajstić information content (AvgIpc) is 2.73. The summed E-state index contributed by atoms with van der Waals surface area (Å²) in [5, 5.41) is 1.30. The van der Waals surface area contributed by atoms with E-state index in [4.69, 9.17) is 0 Å². The van der Waals surface area contributed by atoms with Gasteiger partial charge in [-0.1, -0.05) is 18.2 Å². The fourth-order valence-electron chi connectivity index (χ4n) is 4.11. The van der Waals surface area contributed by atoms with Crippen LogP contribution in [0.25, 0.3) is 10.9 Å². The van der Waals surface area contributed by atoms with Crippen LogP contribution in [-0.2, 0) is 0 Å². The minimum atomic E-state index is 0.713. The molecule has 3 nitrogen and oxygen atoms in total. The molecule has 2 atom stereocenters. The van der Waals surface area contributed by atoms with Crippen LogP contribution in [0.1, 0.15) is 24.8 Å². The summed E-state index contributed by atoms with van der Waals surface area (Å²) in [4.78, 5) is 9.78. The second-order valence-corrected chi connectivity index (χ2v) is 6.59. The zero-order chi connectivity index (χ0) is 14.4. The highest BCUT2D eigenvalue weighted by Gasteiger charge is 2.34. The number of likely N-dealkylation sites (N-methyl/N-ethyl adjacent to an activating group) is 1. The zero-order valence-corrected chi connectivity index (χ0v) is 12.9. The minimum Gasteiger partial charge on any atom is -0.369 e. The van der Waals surface area contributed by atoms with E-state index in [9.17, 15) is 0 Å². The molecule has 3 heteroatoms.